The molecule has 5 aromatic rings. The van der Waals surface area contributed by atoms with Gasteiger partial charge in [0.05, 0.1) is 28.2 Å². The van der Waals surface area contributed by atoms with Crippen molar-refractivity contribution in [1.29, 1.82) is 0 Å². The summed E-state index contributed by atoms with van der Waals surface area (Å²) in [7, 11) is 0. The van der Waals surface area contributed by atoms with Gasteiger partial charge in [-0.3, -0.25) is 25.2 Å². The van der Waals surface area contributed by atoms with Crippen LogP contribution in [0.5, 0.6) is 17.2 Å². The number of fused-ring (bicyclic) bond motifs is 1. The summed E-state index contributed by atoms with van der Waals surface area (Å²) in [4.78, 5) is 29.9. The van der Waals surface area contributed by atoms with E-state index in [-0.39, 0.29) is 23.9 Å². The van der Waals surface area contributed by atoms with Gasteiger partial charge in [-0.15, -0.1) is 0 Å². The predicted molar refractivity (Wildman–Crippen MR) is 144 cm³/mol. The van der Waals surface area contributed by atoms with Crippen molar-refractivity contribution in [2.45, 2.75) is 6.92 Å². The number of ether oxygens (including phenoxy) is 2. The van der Waals surface area contributed by atoms with Crippen molar-refractivity contribution in [2.24, 2.45) is 4.99 Å². The molecule has 0 fully saturated rings. The van der Waals surface area contributed by atoms with E-state index in [0.29, 0.717) is 39.6 Å². The maximum absolute atomic E-state index is 13.6. The molecule has 1 heterocycles. The third kappa shape index (κ3) is 5.60. The average Bonchev–Trinajstić information content (AvgIpc) is 3.37. The van der Waals surface area contributed by atoms with Crippen LogP contribution in [0.15, 0.2) is 88.3 Å². The van der Waals surface area contributed by atoms with Crippen molar-refractivity contribution in [3.8, 4) is 28.7 Å². The Hall–Kier alpha value is -5.65. The van der Waals surface area contributed by atoms with Crippen molar-refractivity contribution in [3.63, 3.8) is 0 Å². The van der Waals surface area contributed by atoms with Crippen molar-refractivity contribution >= 4 is 34.4 Å². The van der Waals surface area contributed by atoms with Crippen LogP contribution in [0.4, 0.5) is 21.5 Å². The summed E-state index contributed by atoms with van der Waals surface area (Å²) < 4.78 is 30.7. The Morgan fingerprint density at radius 2 is 1.77 bits per heavy atom. The van der Waals surface area contributed by atoms with E-state index < -0.39 is 21.2 Å². The highest BCUT2D eigenvalue weighted by Gasteiger charge is 2.22. The Bertz CT molecular complexity index is 1780. The number of hydrogen-bond acceptors (Lipinski definition) is 9. The maximum Gasteiger partial charge on any atom is 0.318 e. The quantitative estimate of drug-likeness (QED) is 0.106. The molecule has 5 rings (SSSR count). The Labute approximate surface area is 225 Å². The standard InChI is InChI=1S/C28H19FN4O7/c1-2-38-27-12-17(6-9-26(27)39-25-11-8-21(32(34)35)15-23(25)33(36)37)16-30-20-7-10-24-22(14-20)31-28(40-24)18-4-3-5-19(29)13-18/h3-16H,2H2,1H3. The number of aliphatic imine (C=N–C) groups is 1. The van der Waals surface area contributed by atoms with Gasteiger partial charge in [0.25, 0.3) is 5.69 Å². The predicted octanol–water partition coefficient (Wildman–Crippen LogP) is 7.39. The number of nitro groups is 2. The van der Waals surface area contributed by atoms with E-state index >= 15 is 0 Å². The highest BCUT2D eigenvalue weighted by atomic mass is 19.1. The van der Waals surface area contributed by atoms with Gasteiger partial charge >= 0.3 is 5.69 Å². The van der Waals surface area contributed by atoms with Crippen LogP contribution in [-0.2, 0) is 0 Å². The maximum atomic E-state index is 13.6. The van der Waals surface area contributed by atoms with Crippen LogP contribution in [0.1, 0.15) is 12.5 Å². The summed E-state index contributed by atoms with van der Waals surface area (Å²) in [5, 5.41) is 22.5. The number of benzene rings is 4. The third-order valence-electron chi connectivity index (χ3n) is 5.64. The number of non-ortho nitro benzene ring substituents is 1. The molecule has 200 valence electrons. The van der Waals surface area contributed by atoms with Crippen molar-refractivity contribution < 1.29 is 28.1 Å². The molecule has 4 aromatic carbocycles. The van der Waals surface area contributed by atoms with Crippen LogP contribution in [0.3, 0.4) is 0 Å². The van der Waals surface area contributed by atoms with Gasteiger partial charge < -0.3 is 13.9 Å². The molecule has 1 aromatic heterocycles. The highest BCUT2D eigenvalue weighted by molar-refractivity contribution is 5.85. The first-order chi connectivity index (χ1) is 19.3. The Morgan fingerprint density at radius 1 is 0.950 bits per heavy atom. The Balaban J connectivity index is 1.39. The minimum atomic E-state index is -0.753. The van der Waals surface area contributed by atoms with E-state index in [1.807, 2.05) is 0 Å². The number of nitro benzene ring substituents is 2. The largest absolute Gasteiger partial charge is 0.490 e. The lowest BCUT2D eigenvalue weighted by atomic mass is 10.2. The highest BCUT2D eigenvalue weighted by Crippen LogP contribution is 2.38. The molecule has 0 unspecified atom stereocenters. The molecule has 0 aliphatic heterocycles. The molecule has 0 radical (unpaired) electrons. The Morgan fingerprint density at radius 3 is 2.52 bits per heavy atom. The number of nitrogens with zero attached hydrogens (tertiary/aromatic N) is 4. The fourth-order valence-corrected chi connectivity index (χ4v) is 3.81. The molecule has 0 N–H and O–H groups in total. The molecule has 0 aliphatic carbocycles. The Kier molecular flexibility index (Phi) is 7.14. The SMILES string of the molecule is CCOc1cc(C=Nc2ccc3oc(-c4cccc(F)c4)nc3c2)ccc1Oc1ccc([N+](=O)[O-])cc1[N+](=O)[O-]. The smallest absolute Gasteiger partial charge is 0.318 e. The first-order valence-corrected chi connectivity index (χ1v) is 11.9. The van der Waals surface area contributed by atoms with Crippen LogP contribution in [-0.4, -0.2) is 27.7 Å². The zero-order chi connectivity index (χ0) is 28.2. The monoisotopic (exact) mass is 542 g/mol. The molecule has 0 spiro atoms. The summed E-state index contributed by atoms with van der Waals surface area (Å²) >= 11 is 0. The van der Waals surface area contributed by atoms with Crippen LogP contribution in [0.25, 0.3) is 22.6 Å². The fraction of sp³-hybridized carbons (Fsp3) is 0.0714. The average molecular weight is 542 g/mol. The van der Waals surface area contributed by atoms with Gasteiger partial charge in [-0.05, 0) is 73.2 Å². The van der Waals surface area contributed by atoms with E-state index in [1.165, 1.54) is 18.2 Å². The van der Waals surface area contributed by atoms with Crippen molar-refractivity contribution in [2.75, 3.05) is 6.61 Å². The second-order valence-corrected chi connectivity index (χ2v) is 8.35. The van der Waals surface area contributed by atoms with Gasteiger partial charge in [-0.1, -0.05) is 6.07 Å². The molecule has 0 atom stereocenters. The molecular formula is C28H19FN4O7. The van der Waals surface area contributed by atoms with E-state index in [4.69, 9.17) is 13.9 Å². The molecular weight excluding hydrogens is 523 g/mol. The van der Waals surface area contributed by atoms with Crippen molar-refractivity contribution in [3.05, 3.63) is 110 Å². The number of aromatic nitrogens is 1. The van der Waals surface area contributed by atoms with E-state index in [0.717, 1.165) is 12.1 Å². The summed E-state index contributed by atoms with van der Waals surface area (Å²) in [5.41, 5.74) is 1.86. The number of halogens is 1. The zero-order valence-electron chi connectivity index (χ0n) is 20.8. The molecule has 0 amide bonds. The number of oxazole rings is 1. The van der Waals surface area contributed by atoms with Gasteiger partial charge in [-0.25, -0.2) is 9.37 Å². The zero-order valence-corrected chi connectivity index (χ0v) is 20.8. The summed E-state index contributed by atoms with van der Waals surface area (Å²) in [5.74, 6) is 0.215. The molecule has 40 heavy (non-hydrogen) atoms. The minimum absolute atomic E-state index is 0.170. The summed E-state index contributed by atoms with van der Waals surface area (Å²) in [6.07, 6.45) is 1.59. The topological polar surface area (TPSA) is 143 Å². The lowest BCUT2D eigenvalue weighted by Gasteiger charge is -2.12. The van der Waals surface area contributed by atoms with Crippen molar-refractivity contribution in [1.82, 2.24) is 4.98 Å². The minimum Gasteiger partial charge on any atom is -0.490 e. The molecule has 12 heteroatoms. The molecule has 11 nitrogen and oxygen atoms in total. The molecule has 0 bridgehead atoms. The van der Waals surface area contributed by atoms with Gasteiger partial charge in [0.1, 0.15) is 11.3 Å². The van der Waals surface area contributed by atoms with E-state index in [1.54, 1.807) is 61.7 Å². The van der Waals surface area contributed by atoms with Gasteiger partial charge in [0.2, 0.25) is 11.6 Å². The van der Waals surface area contributed by atoms with Crippen LogP contribution in [0.2, 0.25) is 0 Å². The van der Waals surface area contributed by atoms with Crippen LogP contribution in [0, 0.1) is 26.0 Å². The van der Waals surface area contributed by atoms with Gasteiger partial charge in [-0.2, -0.15) is 0 Å². The number of hydrogen-bond donors (Lipinski definition) is 0. The van der Waals surface area contributed by atoms with Gasteiger partial charge in [0.15, 0.2) is 17.1 Å². The fourth-order valence-electron chi connectivity index (χ4n) is 3.81. The van der Waals surface area contributed by atoms with Crippen LogP contribution >= 0.6 is 0 Å². The van der Waals surface area contributed by atoms with Crippen LogP contribution < -0.4 is 9.47 Å². The molecule has 0 saturated heterocycles. The summed E-state index contributed by atoms with van der Waals surface area (Å²) in [6, 6.07) is 19.2. The first kappa shape index (κ1) is 26.0. The third-order valence-corrected chi connectivity index (χ3v) is 5.64. The van der Waals surface area contributed by atoms with E-state index in [9.17, 15) is 24.6 Å². The molecule has 0 aliphatic rings. The summed E-state index contributed by atoms with van der Waals surface area (Å²) in [6.45, 7) is 2.06. The van der Waals surface area contributed by atoms with Gasteiger partial charge in [0, 0.05) is 17.8 Å². The first-order valence-electron chi connectivity index (χ1n) is 11.9. The second-order valence-electron chi connectivity index (χ2n) is 8.35. The molecule has 0 saturated carbocycles. The van der Waals surface area contributed by atoms with E-state index in [2.05, 4.69) is 9.98 Å². The second kappa shape index (κ2) is 11.0. The lowest BCUT2D eigenvalue weighted by molar-refractivity contribution is -0.394. The normalized spacial score (nSPS) is 11.2. The lowest BCUT2D eigenvalue weighted by Crippen LogP contribution is -1.99. The number of rotatable bonds is 9.